The van der Waals surface area contributed by atoms with E-state index in [1.54, 1.807) is 24.3 Å². The molecule has 4 N–H and O–H groups in total. The predicted molar refractivity (Wildman–Crippen MR) is 114 cm³/mol. The summed E-state index contributed by atoms with van der Waals surface area (Å²) in [5.41, 5.74) is 6.62. The number of urea groups is 1. The van der Waals surface area contributed by atoms with Crippen LogP contribution in [0, 0.1) is 11.8 Å². The minimum Gasteiger partial charge on any atom is -0.337 e. The Hall–Kier alpha value is -1.68. The van der Waals surface area contributed by atoms with Gasteiger partial charge in [-0.05, 0) is 56.1 Å². The van der Waals surface area contributed by atoms with Gasteiger partial charge in [0, 0.05) is 37.8 Å². The molecule has 9 heteroatoms. The molecule has 2 aliphatic heterocycles. The molecule has 0 atom stereocenters. The van der Waals surface area contributed by atoms with E-state index in [1.165, 1.54) is 0 Å². The molecule has 3 rings (SSSR count). The van der Waals surface area contributed by atoms with Crippen molar-refractivity contribution in [2.45, 2.75) is 36.8 Å². The van der Waals surface area contributed by atoms with Crippen molar-refractivity contribution in [2.75, 3.05) is 44.6 Å². The van der Waals surface area contributed by atoms with Crippen LogP contribution in [-0.2, 0) is 9.84 Å². The van der Waals surface area contributed by atoms with Crippen LogP contribution < -0.4 is 21.5 Å². The molecule has 2 amide bonds. The third-order valence-electron chi connectivity index (χ3n) is 5.50. The number of hydrogen-bond donors (Lipinski definition) is 4. The fourth-order valence-electron chi connectivity index (χ4n) is 3.90. The van der Waals surface area contributed by atoms with Gasteiger partial charge >= 0.3 is 6.03 Å². The van der Waals surface area contributed by atoms with Gasteiger partial charge in [-0.1, -0.05) is 13.8 Å². The van der Waals surface area contributed by atoms with E-state index < -0.39 is 9.84 Å². The summed E-state index contributed by atoms with van der Waals surface area (Å²) >= 11 is 0. The normalized spacial score (nSPS) is 19.6. The highest BCUT2D eigenvalue weighted by molar-refractivity contribution is 7.92. The van der Waals surface area contributed by atoms with Gasteiger partial charge in [-0.25, -0.2) is 13.2 Å². The number of sulfone groups is 1. The summed E-state index contributed by atoms with van der Waals surface area (Å²) in [7, 11) is -3.35. The Labute approximate surface area is 173 Å². The molecule has 162 valence electrons. The van der Waals surface area contributed by atoms with Crippen LogP contribution in [0.2, 0.25) is 0 Å². The zero-order valence-corrected chi connectivity index (χ0v) is 18.1. The van der Waals surface area contributed by atoms with Gasteiger partial charge in [0.1, 0.15) is 0 Å². The number of carbonyl (C=O) groups is 1. The van der Waals surface area contributed by atoms with E-state index in [1.807, 2.05) is 0 Å². The van der Waals surface area contributed by atoms with Crippen LogP contribution in [0.25, 0.3) is 0 Å². The third-order valence-corrected chi connectivity index (χ3v) is 7.77. The fourth-order valence-corrected chi connectivity index (χ4v) is 5.63. The molecule has 1 aromatic rings. The Bertz CT molecular complexity index is 768. The van der Waals surface area contributed by atoms with Crippen molar-refractivity contribution in [1.29, 1.82) is 0 Å². The number of rotatable bonds is 7. The van der Waals surface area contributed by atoms with Crippen molar-refractivity contribution < 1.29 is 13.2 Å². The lowest BCUT2D eigenvalue weighted by Gasteiger charge is -2.32. The maximum Gasteiger partial charge on any atom is 0.319 e. The molecule has 0 aromatic heterocycles. The lowest BCUT2D eigenvalue weighted by molar-refractivity contribution is 0.207. The van der Waals surface area contributed by atoms with Gasteiger partial charge < -0.3 is 15.5 Å². The van der Waals surface area contributed by atoms with Gasteiger partial charge in [0.05, 0.1) is 10.1 Å². The number of benzene rings is 1. The molecule has 0 saturated carbocycles. The average molecular weight is 424 g/mol. The topological polar surface area (TPSA) is 103 Å². The number of hydrogen-bond acceptors (Lipinski definition) is 6. The second kappa shape index (κ2) is 9.88. The second-order valence-electron chi connectivity index (χ2n) is 8.43. The molecule has 2 aliphatic rings. The van der Waals surface area contributed by atoms with Crippen molar-refractivity contribution in [1.82, 2.24) is 21.1 Å². The van der Waals surface area contributed by atoms with E-state index in [0.717, 1.165) is 32.7 Å². The zero-order valence-electron chi connectivity index (χ0n) is 17.3. The van der Waals surface area contributed by atoms with Crippen molar-refractivity contribution in [3.8, 4) is 0 Å². The average Bonchev–Trinajstić information content (AvgIpc) is 3.20. The van der Waals surface area contributed by atoms with Gasteiger partial charge in [0.2, 0.25) is 0 Å². The number of hydrazine groups is 1. The van der Waals surface area contributed by atoms with E-state index in [9.17, 15) is 13.2 Å². The van der Waals surface area contributed by atoms with Gasteiger partial charge in [-0.3, -0.25) is 10.9 Å². The van der Waals surface area contributed by atoms with Crippen molar-refractivity contribution in [3.63, 3.8) is 0 Å². The molecule has 0 spiro atoms. The molecule has 0 aliphatic carbocycles. The van der Waals surface area contributed by atoms with Crippen LogP contribution in [-0.4, -0.2) is 63.9 Å². The number of nitrogens with one attached hydrogen (secondary N) is 4. The van der Waals surface area contributed by atoms with Gasteiger partial charge in [0.25, 0.3) is 0 Å². The number of likely N-dealkylation sites (tertiary alicyclic amines) is 1. The summed E-state index contributed by atoms with van der Waals surface area (Å²) in [6, 6.07) is 6.20. The molecule has 2 saturated heterocycles. The van der Waals surface area contributed by atoms with Crippen molar-refractivity contribution in [3.05, 3.63) is 24.3 Å². The van der Waals surface area contributed by atoms with E-state index in [2.05, 4.69) is 40.2 Å². The van der Waals surface area contributed by atoms with Gasteiger partial charge in [0.15, 0.2) is 9.84 Å². The second-order valence-corrected chi connectivity index (χ2v) is 10.7. The first kappa shape index (κ1) is 22.0. The summed E-state index contributed by atoms with van der Waals surface area (Å²) in [5.74, 6) is 0.951. The first-order valence-electron chi connectivity index (χ1n) is 10.4. The Balaban J connectivity index is 1.51. The van der Waals surface area contributed by atoms with E-state index in [-0.39, 0.29) is 11.3 Å². The number of carbonyl (C=O) groups excluding carboxylic acids is 1. The van der Waals surface area contributed by atoms with Crippen LogP contribution in [0.5, 0.6) is 0 Å². The fraction of sp³-hybridized carbons (Fsp3) is 0.650. The van der Waals surface area contributed by atoms with E-state index in [4.69, 9.17) is 0 Å². The summed E-state index contributed by atoms with van der Waals surface area (Å²) in [4.78, 5) is 14.7. The molecular formula is C20H33N5O3S. The molecule has 29 heavy (non-hydrogen) atoms. The third kappa shape index (κ3) is 6.15. The van der Waals surface area contributed by atoms with E-state index >= 15 is 0 Å². The number of amides is 2. The maximum absolute atomic E-state index is 13.0. The summed E-state index contributed by atoms with van der Waals surface area (Å²) in [5, 5.41) is 5.26. The lowest BCUT2D eigenvalue weighted by atomic mass is 10.1. The molecule has 0 bridgehead atoms. The van der Waals surface area contributed by atoms with Crippen LogP contribution in [0.1, 0.15) is 26.7 Å². The highest BCUT2D eigenvalue weighted by atomic mass is 32.2. The molecule has 0 radical (unpaired) electrons. The molecule has 0 unspecified atom stereocenters. The predicted octanol–water partition coefficient (Wildman–Crippen LogP) is 1.43. The number of piperidine rings is 1. The monoisotopic (exact) mass is 423 g/mol. The SMILES string of the molecule is CC(C)CN1CCC(S(=O)(=O)c2ccc(NC(=O)NCC3CNNC3)cc2)CC1. The Kier molecular flexibility index (Phi) is 7.50. The largest absolute Gasteiger partial charge is 0.337 e. The van der Waals surface area contributed by atoms with Crippen LogP contribution in [0.3, 0.4) is 0 Å². The minimum atomic E-state index is -3.35. The number of anilines is 1. The van der Waals surface area contributed by atoms with Crippen molar-refractivity contribution in [2.24, 2.45) is 11.8 Å². The lowest BCUT2D eigenvalue weighted by Crippen LogP contribution is -2.40. The highest BCUT2D eigenvalue weighted by Gasteiger charge is 2.31. The summed E-state index contributed by atoms with van der Waals surface area (Å²) in [6.07, 6.45) is 1.34. The van der Waals surface area contributed by atoms with Crippen molar-refractivity contribution >= 4 is 21.6 Å². The van der Waals surface area contributed by atoms with Gasteiger partial charge in [-0.2, -0.15) is 0 Å². The number of nitrogens with zero attached hydrogens (tertiary/aromatic N) is 1. The van der Waals surface area contributed by atoms with Crippen LogP contribution in [0.4, 0.5) is 10.5 Å². The smallest absolute Gasteiger partial charge is 0.319 e. The van der Waals surface area contributed by atoms with Crippen LogP contribution >= 0.6 is 0 Å². The molecule has 8 nitrogen and oxygen atoms in total. The first-order valence-corrected chi connectivity index (χ1v) is 12.0. The highest BCUT2D eigenvalue weighted by Crippen LogP contribution is 2.26. The van der Waals surface area contributed by atoms with E-state index in [0.29, 0.717) is 41.8 Å². The molecular weight excluding hydrogens is 390 g/mol. The molecule has 1 aromatic carbocycles. The quantitative estimate of drug-likeness (QED) is 0.529. The Morgan fingerprint density at radius 2 is 1.76 bits per heavy atom. The molecule has 2 heterocycles. The maximum atomic E-state index is 13.0. The Morgan fingerprint density at radius 3 is 2.34 bits per heavy atom. The van der Waals surface area contributed by atoms with Gasteiger partial charge in [-0.15, -0.1) is 0 Å². The summed E-state index contributed by atoms with van der Waals surface area (Å²) in [6.45, 7) is 9.26. The zero-order chi connectivity index (χ0) is 20.9. The first-order chi connectivity index (χ1) is 13.8. The Morgan fingerprint density at radius 1 is 1.14 bits per heavy atom. The van der Waals surface area contributed by atoms with Crippen LogP contribution in [0.15, 0.2) is 29.2 Å². The standard InChI is InChI=1S/C20H33N5O3S/c1-15(2)14-25-9-7-19(8-10-25)29(27,28)18-5-3-17(4-6-18)24-20(26)21-11-16-12-22-23-13-16/h3-6,15-16,19,22-23H,7-14H2,1-2H3,(H2,21,24,26). The molecule has 2 fully saturated rings. The summed E-state index contributed by atoms with van der Waals surface area (Å²) < 4.78 is 25.9. The minimum absolute atomic E-state index is 0.287.